The summed E-state index contributed by atoms with van der Waals surface area (Å²) in [5.41, 5.74) is 3.53. The second-order valence-electron chi connectivity index (χ2n) is 15.0. The highest BCUT2D eigenvalue weighted by molar-refractivity contribution is 6.38. The van der Waals surface area contributed by atoms with E-state index in [9.17, 15) is 33.6 Å². The van der Waals surface area contributed by atoms with E-state index in [1.54, 1.807) is 70.2 Å². The summed E-state index contributed by atoms with van der Waals surface area (Å²) < 4.78 is 5.49. The van der Waals surface area contributed by atoms with Crippen molar-refractivity contribution < 1.29 is 38.3 Å². The van der Waals surface area contributed by atoms with Crippen LogP contribution in [0.4, 0.5) is 0 Å². The normalized spacial score (nSPS) is 13.4. The monoisotopic (exact) mass is 856 g/mol. The van der Waals surface area contributed by atoms with Crippen LogP contribution in [0.2, 0.25) is 0 Å². The van der Waals surface area contributed by atoms with Gasteiger partial charge in [-0.3, -0.25) is 28.8 Å². The van der Waals surface area contributed by atoms with E-state index in [1.165, 1.54) is 0 Å². The molecule has 0 fully saturated rings. The number of benzene rings is 1. The molecule has 3 atom stereocenters. The number of rotatable bonds is 26. The number of nitrogens with one attached hydrogen (secondary N) is 5. The number of carbonyl (C=O) groups is 7. The van der Waals surface area contributed by atoms with E-state index in [1.807, 2.05) is 45.1 Å². The van der Waals surface area contributed by atoms with Gasteiger partial charge in [0.25, 0.3) is 5.91 Å². The first kappa shape index (κ1) is 55.7. The molecule has 0 saturated carbocycles. The number of carbonyl (C=O) groups excluding carboxylic acids is 7. The van der Waals surface area contributed by atoms with Crippen molar-refractivity contribution in [2.75, 3.05) is 13.1 Å². The predicted octanol–water partition coefficient (Wildman–Crippen LogP) is 6.50. The average Bonchev–Trinajstić information content (AvgIpc) is 3.25. The van der Waals surface area contributed by atoms with Crippen LogP contribution in [-0.4, -0.2) is 72.1 Å². The first-order valence-corrected chi connectivity index (χ1v) is 21.0. The molecule has 62 heavy (non-hydrogen) atoms. The number of hydrogen-bond donors (Lipinski definition) is 5. The van der Waals surface area contributed by atoms with Crippen molar-refractivity contribution >= 4 is 41.3 Å². The SMILES string of the molecule is C#C.C=C/C(=C\C)CCC(=O)NCC(=O)NC(CC/C=C(/CCC)C(=CC)/C(C=C)=C/C)C(=O)NC(CCC)C(=O)C(=O)NCC(=O)NC(C(=O)OC(C)(C)C)c1ccccc1. The number of ether oxygens (including phenoxy) is 1. The molecule has 13 heteroatoms. The number of amides is 5. The van der Waals surface area contributed by atoms with Gasteiger partial charge in [0.1, 0.15) is 11.6 Å². The topological polar surface area (TPSA) is 189 Å². The average molecular weight is 856 g/mol. The molecule has 5 amide bonds. The lowest BCUT2D eigenvalue weighted by Gasteiger charge is -2.25. The third-order valence-electron chi connectivity index (χ3n) is 9.14. The van der Waals surface area contributed by atoms with E-state index in [0.29, 0.717) is 24.8 Å². The molecule has 0 aliphatic carbocycles. The van der Waals surface area contributed by atoms with Gasteiger partial charge in [0.2, 0.25) is 29.4 Å². The molecular weight excluding hydrogens is 787 g/mol. The van der Waals surface area contributed by atoms with Crippen molar-refractivity contribution in [2.45, 2.75) is 130 Å². The second kappa shape index (κ2) is 30.7. The van der Waals surface area contributed by atoms with E-state index in [2.05, 4.69) is 59.5 Å². The second-order valence-corrected chi connectivity index (χ2v) is 15.0. The van der Waals surface area contributed by atoms with Crippen molar-refractivity contribution in [3.05, 3.63) is 108 Å². The van der Waals surface area contributed by atoms with Crippen LogP contribution in [-0.2, 0) is 38.3 Å². The standard InChI is InChI=1S/C47H67N5O8.C2H2/c1-11-22-34(36(17-7)33(15-5)16-6)26-21-27-38(50-40(54)30-48-39(53)29-28-32(13-3)14-4)44(57)51-37(23-12-2)43(56)45(58)49-31-41(55)52-42(35-24-19-18-20-25-35)46(59)60-47(8,9)10;1-2/h13-20,24-26,37-38,42H,3,5,11-12,21-23,27-31H2,1-2,4,6-10H3,(H,48,53)(H,49,58)(H,50,54)(H,51,57)(H,52,55);1-2H/b32-14+,33-16+,34-26-,36-17?;. The number of esters is 1. The number of hydrogen-bond acceptors (Lipinski definition) is 8. The van der Waals surface area contributed by atoms with Crippen molar-refractivity contribution in [1.82, 2.24) is 26.6 Å². The molecule has 0 saturated heterocycles. The van der Waals surface area contributed by atoms with E-state index < -0.39 is 65.7 Å². The molecule has 338 valence electrons. The fraction of sp³-hybridized carbons (Fsp3) is 0.449. The molecule has 0 aliphatic heterocycles. The highest BCUT2D eigenvalue weighted by Crippen LogP contribution is 2.25. The van der Waals surface area contributed by atoms with Crippen LogP contribution >= 0.6 is 0 Å². The van der Waals surface area contributed by atoms with E-state index in [4.69, 9.17) is 4.74 Å². The Bertz CT molecular complexity index is 1830. The van der Waals surface area contributed by atoms with E-state index in [0.717, 1.165) is 35.1 Å². The van der Waals surface area contributed by atoms with Gasteiger partial charge in [-0.2, -0.15) is 0 Å². The van der Waals surface area contributed by atoms with Gasteiger partial charge in [0.05, 0.1) is 19.1 Å². The van der Waals surface area contributed by atoms with Crippen molar-refractivity contribution in [2.24, 2.45) is 0 Å². The zero-order valence-electron chi connectivity index (χ0n) is 38.0. The number of Topliss-reactive ketones (excluding diaryl/α,β-unsaturated/α-hetero) is 1. The lowest BCUT2D eigenvalue weighted by atomic mass is 9.92. The quantitative estimate of drug-likeness (QED) is 0.0302. The Hall–Kier alpha value is -6.29. The van der Waals surface area contributed by atoms with Crippen LogP contribution in [0.25, 0.3) is 0 Å². The van der Waals surface area contributed by atoms with E-state index >= 15 is 0 Å². The van der Waals surface area contributed by atoms with Gasteiger partial charge in [-0.1, -0.05) is 112 Å². The van der Waals surface area contributed by atoms with Gasteiger partial charge in [-0.05, 0) is 95.9 Å². The first-order valence-electron chi connectivity index (χ1n) is 21.0. The number of ketones is 1. The molecule has 0 aromatic heterocycles. The largest absolute Gasteiger partial charge is 0.458 e. The molecule has 0 aliphatic rings. The maximum Gasteiger partial charge on any atom is 0.333 e. The summed E-state index contributed by atoms with van der Waals surface area (Å²) in [4.78, 5) is 92.1. The van der Waals surface area contributed by atoms with Gasteiger partial charge in [-0.25, -0.2) is 4.79 Å². The van der Waals surface area contributed by atoms with Crippen LogP contribution in [0.3, 0.4) is 0 Å². The van der Waals surface area contributed by atoms with Gasteiger partial charge in [0.15, 0.2) is 6.04 Å². The van der Waals surface area contributed by atoms with Crippen molar-refractivity contribution in [1.29, 1.82) is 0 Å². The minimum Gasteiger partial charge on any atom is -0.458 e. The first-order chi connectivity index (χ1) is 29.5. The summed E-state index contributed by atoms with van der Waals surface area (Å²) >= 11 is 0. The molecule has 3 unspecified atom stereocenters. The van der Waals surface area contributed by atoms with Crippen LogP contribution < -0.4 is 26.6 Å². The van der Waals surface area contributed by atoms with Gasteiger partial charge in [0, 0.05) is 6.42 Å². The fourth-order valence-electron chi connectivity index (χ4n) is 6.10. The molecule has 0 heterocycles. The lowest BCUT2D eigenvalue weighted by Crippen LogP contribution is -2.55. The van der Waals surface area contributed by atoms with Crippen LogP contribution in [0.1, 0.15) is 118 Å². The Morgan fingerprint density at radius 1 is 0.726 bits per heavy atom. The van der Waals surface area contributed by atoms with Crippen molar-refractivity contribution in [3.8, 4) is 12.8 Å². The molecule has 0 spiro atoms. The number of allylic oxidation sites excluding steroid dienone is 10. The maximum atomic E-state index is 13.9. The van der Waals surface area contributed by atoms with Crippen LogP contribution in [0.15, 0.2) is 102 Å². The Morgan fingerprint density at radius 2 is 1.35 bits per heavy atom. The summed E-state index contributed by atoms with van der Waals surface area (Å²) in [5, 5.41) is 12.8. The fourth-order valence-corrected chi connectivity index (χ4v) is 6.10. The predicted molar refractivity (Wildman–Crippen MR) is 246 cm³/mol. The maximum absolute atomic E-state index is 13.9. The van der Waals surface area contributed by atoms with Gasteiger partial charge < -0.3 is 31.3 Å². The summed E-state index contributed by atoms with van der Waals surface area (Å²) in [6, 6.07) is 4.86. The Morgan fingerprint density at radius 3 is 1.89 bits per heavy atom. The molecule has 13 nitrogen and oxygen atoms in total. The summed E-state index contributed by atoms with van der Waals surface area (Å²) in [6.07, 6.45) is 22.5. The number of terminal acetylenes is 1. The molecule has 1 aromatic carbocycles. The van der Waals surface area contributed by atoms with Gasteiger partial charge >= 0.3 is 5.97 Å². The molecule has 5 N–H and O–H groups in total. The smallest absolute Gasteiger partial charge is 0.333 e. The van der Waals surface area contributed by atoms with Crippen LogP contribution in [0, 0.1) is 12.8 Å². The molecular formula is C49H69N5O8. The van der Waals surface area contributed by atoms with E-state index in [-0.39, 0.29) is 31.7 Å². The molecule has 0 bridgehead atoms. The summed E-state index contributed by atoms with van der Waals surface area (Å²) in [5.74, 6) is -5.24. The third-order valence-corrected chi connectivity index (χ3v) is 9.14. The minimum absolute atomic E-state index is 0.0907. The highest BCUT2D eigenvalue weighted by atomic mass is 16.6. The third kappa shape index (κ3) is 21.3. The zero-order valence-corrected chi connectivity index (χ0v) is 38.0. The summed E-state index contributed by atoms with van der Waals surface area (Å²) in [7, 11) is 0. The molecule has 1 rings (SSSR count). The Balaban J connectivity index is 0.0000183. The van der Waals surface area contributed by atoms with Crippen LogP contribution in [0.5, 0.6) is 0 Å². The molecule has 1 aromatic rings. The van der Waals surface area contributed by atoms with Crippen molar-refractivity contribution in [3.63, 3.8) is 0 Å². The Labute approximate surface area is 369 Å². The Kier molecular flexibility index (Phi) is 27.6. The highest BCUT2D eigenvalue weighted by Gasteiger charge is 2.31. The minimum atomic E-state index is -1.28. The lowest BCUT2D eigenvalue weighted by molar-refractivity contribution is -0.158. The zero-order chi connectivity index (χ0) is 47.3. The van der Waals surface area contributed by atoms with Gasteiger partial charge in [-0.15, -0.1) is 12.8 Å². The summed E-state index contributed by atoms with van der Waals surface area (Å²) in [6.45, 7) is 21.2. The molecule has 0 radical (unpaired) electrons.